The van der Waals surface area contributed by atoms with Crippen molar-refractivity contribution < 1.29 is 9.84 Å². The molecule has 57 heavy (non-hydrogen) atoms. The third-order valence-electron chi connectivity index (χ3n) is 10.0. The number of anilines is 3. The Kier molecular flexibility index (Phi) is 12.1. The number of methoxy groups -OCH3 is 1. The highest BCUT2D eigenvalue weighted by molar-refractivity contribution is 5.83. The summed E-state index contributed by atoms with van der Waals surface area (Å²) in [5.74, 6) is 1.07. The van der Waals surface area contributed by atoms with Crippen LogP contribution in [-0.4, -0.2) is 12.2 Å². The van der Waals surface area contributed by atoms with Gasteiger partial charge in [-0.3, -0.25) is 0 Å². The second kappa shape index (κ2) is 18.0. The number of ether oxygens (including phenoxy) is 1. The molecular formula is C54H47NO2. The van der Waals surface area contributed by atoms with Crippen molar-refractivity contribution in [3.05, 3.63) is 244 Å². The molecule has 0 saturated heterocycles. The molecule has 0 aliphatic heterocycles. The highest BCUT2D eigenvalue weighted by atomic mass is 16.5. The molecule has 0 saturated carbocycles. The van der Waals surface area contributed by atoms with Crippen LogP contribution in [0, 0.1) is 20.8 Å². The van der Waals surface area contributed by atoms with Gasteiger partial charge in [0.05, 0.1) is 7.11 Å². The van der Waals surface area contributed by atoms with Gasteiger partial charge in [0.15, 0.2) is 0 Å². The Morgan fingerprint density at radius 3 is 1.07 bits per heavy atom. The maximum atomic E-state index is 9.89. The standard InChI is InChI=1S/C54H47NO2/c1-39-11-21-44(22-12-39)53(45-23-13-40(2)14-24-45)9-5-7-42-17-29-48(30-18-42)55(50-33-37-52(57-4)38-34-50)49-31-19-43(20-32-49)8-6-10-54(46-25-15-41(3)16-26-46)47-27-35-51(56)36-28-47/h5-38,56H,1-4H3/b7-5+,8-6+,54-10-. The van der Waals surface area contributed by atoms with E-state index in [0.717, 1.165) is 50.6 Å². The fraction of sp³-hybridized carbons (Fsp3) is 0.0741. The Labute approximate surface area is 337 Å². The average Bonchev–Trinajstić information content (AvgIpc) is 3.24. The average molecular weight is 742 g/mol. The summed E-state index contributed by atoms with van der Waals surface area (Å²) < 4.78 is 5.48. The second-order valence-corrected chi connectivity index (χ2v) is 14.2. The topological polar surface area (TPSA) is 32.7 Å². The molecule has 0 fully saturated rings. The molecule has 7 rings (SSSR count). The van der Waals surface area contributed by atoms with Gasteiger partial charge in [-0.25, -0.2) is 0 Å². The van der Waals surface area contributed by atoms with Crippen LogP contribution >= 0.6 is 0 Å². The Bertz CT molecular complexity index is 2250. The summed E-state index contributed by atoms with van der Waals surface area (Å²) in [5.41, 5.74) is 15.9. The summed E-state index contributed by atoms with van der Waals surface area (Å²) >= 11 is 0. The molecule has 0 unspecified atom stereocenters. The Morgan fingerprint density at radius 2 is 0.737 bits per heavy atom. The van der Waals surface area contributed by atoms with Gasteiger partial charge in [0.25, 0.3) is 0 Å². The van der Waals surface area contributed by atoms with E-state index in [2.05, 4.69) is 196 Å². The van der Waals surface area contributed by atoms with Crippen LogP contribution < -0.4 is 9.64 Å². The lowest BCUT2D eigenvalue weighted by molar-refractivity contribution is 0.415. The summed E-state index contributed by atoms with van der Waals surface area (Å²) in [6.07, 6.45) is 12.8. The van der Waals surface area contributed by atoms with Crippen molar-refractivity contribution in [1.29, 1.82) is 0 Å². The third-order valence-corrected chi connectivity index (χ3v) is 10.0. The van der Waals surface area contributed by atoms with Crippen LogP contribution in [0.3, 0.4) is 0 Å². The highest BCUT2D eigenvalue weighted by Crippen LogP contribution is 2.36. The summed E-state index contributed by atoms with van der Waals surface area (Å²) in [6.45, 7) is 6.33. The van der Waals surface area contributed by atoms with Gasteiger partial charge in [-0.05, 0) is 126 Å². The molecular weight excluding hydrogens is 695 g/mol. The molecule has 3 nitrogen and oxygen atoms in total. The van der Waals surface area contributed by atoms with Crippen molar-refractivity contribution in [1.82, 2.24) is 0 Å². The van der Waals surface area contributed by atoms with Crippen LogP contribution in [0.1, 0.15) is 50.1 Å². The zero-order valence-electron chi connectivity index (χ0n) is 32.9. The molecule has 0 amide bonds. The normalized spacial score (nSPS) is 11.5. The monoisotopic (exact) mass is 741 g/mol. The maximum Gasteiger partial charge on any atom is 0.119 e. The first-order chi connectivity index (χ1) is 27.8. The molecule has 3 heteroatoms. The molecule has 0 bridgehead atoms. The molecule has 0 spiro atoms. The van der Waals surface area contributed by atoms with E-state index in [4.69, 9.17) is 4.74 Å². The van der Waals surface area contributed by atoms with Crippen molar-refractivity contribution in [3.8, 4) is 11.5 Å². The number of hydrogen-bond donors (Lipinski definition) is 1. The van der Waals surface area contributed by atoms with E-state index >= 15 is 0 Å². The van der Waals surface area contributed by atoms with Gasteiger partial charge in [0, 0.05) is 17.1 Å². The number of hydrogen-bond acceptors (Lipinski definition) is 3. The lowest BCUT2D eigenvalue weighted by Gasteiger charge is -2.26. The quantitative estimate of drug-likeness (QED) is 0.127. The van der Waals surface area contributed by atoms with Gasteiger partial charge >= 0.3 is 0 Å². The number of phenolic OH excluding ortho intramolecular Hbond substituents is 1. The first kappa shape index (κ1) is 38.2. The summed E-state index contributed by atoms with van der Waals surface area (Å²) in [5, 5.41) is 9.89. The number of benzene rings is 7. The van der Waals surface area contributed by atoms with Crippen molar-refractivity contribution >= 4 is 40.4 Å². The van der Waals surface area contributed by atoms with Crippen LogP contribution in [-0.2, 0) is 0 Å². The molecule has 7 aromatic carbocycles. The van der Waals surface area contributed by atoms with Crippen LogP contribution in [0.25, 0.3) is 23.3 Å². The highest BCUT2D eigenvalue weighted by Gasteiger charge is 2.13. The molecule has 0 aliphatic rings. The summed E-state index contributed by atoms with van der Waals surface area (Å²) in [6, 6.07) is 58.8. The van der Waals surface area contributed by atoms with E-state index in [1.165, 1.54) is 33.4 Å². The van der Waals surface area contributed by atoms with E-state index < -0.39 is 0 Å². The van der Waals surface area contributed by atoms with Crippen molar-refractivity contribution in [3.63, 3.8) is 0 Å². The number of allylic oxidation sites excluding steroid dienone is 4. The van der Waals surface area contributed by atoms with Gasteiger partial charge in [-0.2, -0.15) is 0 Å². The van der Waals surface area contributed by atoms with E-state index in [9.17, 15) is 5.11 Å². The number of rotatable bonds is 12. The lowest BCUT2D eigenvalue weighted by atomic mass is 9.96. The van der Waals surface area contributed by atoms with Gasteiger partial charge < -0.3 is 14.7 Å². The first-order valence-corrected chi connectivity index (χ1v) is 19.2. The minimum absolute atomic E-state index is 0.253. The van der Waals surface area contributed by atoms with Crippen molar-refractivity contribution in [2.45, 2.75) is 20.8 Å². The van der Waals surface area contributed by atoms with Crippen LogP contribution in [0.2, 0.25) is 0 Å². The van der Waals surface area contributed by atoms with Crippen LogP contribution in [0.15, 0.2) is 194 Å². The van der Waals surface area contributed by atoms with Gasteiger partial charge in [-0.15, -0.1) is 0 Å². The zero-order chi connectivity index (χ0) is 39.6. The first-order valence-electron chi connectivity index (χ1n) is 19.2. The second-order valence-electron chi connectivity index (χ2n) is 14.2. The molecule has 0 atom stereocenters. The Hall–Kier alpha value is -7.10. The minimum atomic E-state index is 0.253. The summed E-state index contributed by atoms with van der Waals surface area (Å²) in [7, 11) is 1.69. The third kappa shape index (κ3) is 9.77. The molecule has 7 aromatic rings. The molecule has 0 aliphatic carbocycles. The molecule has 0 radical (unpaired) electrons. The van der Waals surface area contributed by atoms with Crippen LogP contribution in [0.5, 0.6) is 11.5 Å². The van der Waals surface area contributed by atoms with Gasteiger partial charge in [0.2, 0.25) is 0 Å². The van der Waals surface area contributed by atoms with E-state index in [1.807, 2.05) is 24.3 Å². The van der Waals surface area contributed by atoms with Gasteiger partial charge in [0.1, 0.15) is 11.5 Å². The minimum Gasteiger partial charge on any atom is -0.508 e. The molecule has 280 valence electrons. The van der Waals surface area contributed by atoms with Crippen molar-refractivity contribution in [2.75, 3.05) is 12.0 Å². The van der Waals surface area contributed by atoms with E-state index in [1.54, 1.807) is 19.2 Å². The van der Waals surface area contributed by atoms with Crippen LogP contribution in [0.4, 0.5) is 17.1 Å². The molecule has 0 heterocycles. The maximum absolute atomic E-state index is 9.89. The van der Waals surface area contributed by atoms with Crippen molar-refractivity contribution in [2.24, 2.45) is 0 Å². The number of aryl methyl sites for hydroxylation is 3. The SMILES string of the molecule is COc1ccc(N(c2ccc(/C=C/C=C(c3ccc(C)cc3)c3ccc(C)cc3)cc2)c2ccc(/C=C/C=C(/c3ccc(C)cc3)c3ccc(O)cc3)cc2)cc1. The smallest absolute Gasteiger partial charge is 0.119 e. The van der Waals surface area contributed by atoms with E-state index in [0.29, 0.717) is 0 Å². The fourth-order valence-corrected chi connectivity index (χ4v) is 6.72. The fourth-order valence-electron chi connectivity index (χ4n) is 6.72. The Morgan fingerprint density at radius 1 is 0.421 bits per heavy atom. The predicted octanol–water partition coefficient (Wildman–Crippen LogP) is 14.1. The molecule has 0 aromatic heterocycles. The van der Waals surface area contributed by atoms with E-state index in [-0.39, 0.29) is 5.75 Å². The predicted molar refractivity (Wildman–Crippen MR) is 242 cm³/mol. The number of aromatic hydroxyl groups is 1. The lowest BCUT2D eigenvalue weighted by Crippen LogP contribution is -2.09. The molecule has 1 N–H and O–H groups in total. The zero-order valence-corrected chi connectivity index (χ0v) is 32.9. The largest absolute Gasteiger partial charge is 0.508 e. The Balaban J connectivity index is 1.15. The number of nitrogens with zero attached hydrogens (tertiary/aromatic N) is 1. The number of phenols is 1. The summed E-state index contributed by atoms with van der Waals surface area (Å²) in [4.78, 5) is 2.26. The van der Waals surface area contributed by atoms with Gasteiger partial charge in [-0.1, -0.05) is 162 Å².